The van der Waals surface area contributed by atoms with Gasteiger partial charge in [-0.2, -0.15) is 0 Å². The van der Waals surface area contributed by atoms with Gasteiger partial charge in [0.1, 0.15) is 0 Å². The Hall–Kier alpha value is -2.83. The van der Waals surface area contributed by atoms with Crippen molar-refractivity contribution in [1.82, 2.24) is 20.0 Å². The number of nitrogens with one attached hydrogen (secondary N) is 1. The average molecular weight is 654 g/mol. The Morgan fingerprint density at radius 1 is 0.421 bits per heavy atom. The molecule has 0 unspecified atom stereocenters. The fourth-order valence-electron chi connectivity index (χ4n) is 2.51. The average Bonchev–Trinajstić information content (AvgIpc) is 2.67. The molecule has 0 atom stereocenters. The molecule has 0 aliphatic carbocycles. The fourth-order valence-corrected chi connectivity index (χ4v) is 2.51. The molecule has 0 saturated heterocycles. The van der Waals surface area contributed by atoms with E-state index in [9.17, 15) is 33.6 Å². The van der Waals surface area contributed by atoms with Gasteiger partial charge >= 0.3 is 41.8 Å². The zero-order chi connectivity index (χ0) is 28.3. The van der Waals surface area contributed by atoms with Crippen LogP contribution in [0.2, 0.25) is 0 Å². The first kappa shape index (κ1) is 42.3. The van der Waals surface area contributed by atoms with Gasteiger partial charge in [-0.1, -0.05) is 0 Å². The molecule has 0 amide bonds. The van der Waals surface area contributed by atoms with Crippen LogP contribution in [0.5, 0.6) is 0 Å². The summed E-state index contributed by atoms with van der Waals surface area (Å²) in [5.41, 5.74) is 0. The van der Waals surface area contributed by atoms with Gasteiger partial charge in [-0.3, -0.25) is 48.3 Å². The van der Waals surface area contributed by atoms with Crippen molar-refractivity contribution < 1.29 is 103 Å². The van der Waals surface area contributed by atoms with Gasteiger partial charge in [-0.05, 0) is 0 Å². The molecule has 0 aliphatic rings. The summed E-state index contributed by atoms with van der Waals surface area (Å²) < 4.78 is 0. The molecule has 0 rings (SSSR count). The molecule has 8 N–H and O–H groups in total. The first-order valence-corrected chi connectivity index (χ1v) is 10.0. The predicted molar refractivity (Wildman–Crippen MR) is 116 cm³/mol. The second kappa shape index (κ2) is 24.5. The second-order valence-electron chi connectivity index (χ2n) is 7.06. The van der Waals surface area contributed by atoms with E-state index < -0.39 is 68.0 Å². The Morgan fingerprint density at radius 3 is 0.868 bits per heavy atom. The van der Waals surface area contributed by atoms with Crippen LogP contribution in [0, 0.1) is 0 Å². The smallest absolute Gasteiger partial charge is 0.317 e. The van der Waals surface area contributed by atoms with Crippen LogP contribution in [0.1, 0.15) is 0 Å². The molecule has 0 bridgehead atoms. The number of hydrogen-bond acceptors (Lipinski definition) is 11. The van der Waals surface area contributed by atoms with Crippen LogP contribution in [0.4, 0.5) is 0 Å². The van der Waals surface area contributed by atoms with Crippen LogP contribution in [-0.4, -0.2) is 164 Å². The number of carboxylic acid groups (broad SMARTS) is 7. The summed E-state index contributed by atoms with van der Waals surface area (Å²) in [5, 5.41) is 62.3. The summed E-state index contributed by atoms with van der Waals surface area (Å²) in [6.07, 6.45) is 0. The molecule has 0 saturated carbocycles. The Morgan fingerprint density at radius 2 is 0.658 bits per heavy atom. The number of carbonyl (C=O) groups is 7. The Kier molecular flexibility index (Phi) is 27.3. The van der Waals surface area contributed by atoms with Crippen molar-refractivity contribution in [1.29, 1.82) is 0 Å². The number of rotatable bonds is 20. The largest absolute Gasteiger partial charge is 0.480 e. The van der Waals surface area contributed by atoms with E-state index in [1.165, 1.54) is 4.90 Å². The van der Waals surface area contributed by atoms with Crippen LogP contribution in [0.25, 0.3) is 0 Å². The molecule has 0 aromatic carbocycles. The molecular formula is C18H30Cu2N4O14. The predicted octanol–water partition coefficient (Wildman–Crippen LogP) is -3.94. The van der Waals surface area contributed by atoms with Crippen LogP contribution in [-0.2, 0) is 67.7 Å². The number of hydrogen-bond donors (Lipinski definition) is 8. The second-order valence-corrected chi connectivity index (χ2v) is 7.06. The topological polar surface area (TPSA) is 283 Å². The van der Waals surface area contributed by atoms with E-state index in [2.05, 4.69) is 5.32 Å². The molecule has 18 nitrogen and oxygen atoms in total. The zero-order valence-corrected chi connectivity index (χ0v) is 21.6. The number of nitrogens with zero attached hydrogens (tertiary/aromatic N) is 3. The minimum Gasteiger partial charge on any atom is -0.480 e. The van der Waals surface area contributed by atoms with Crippen molar-refractivity contribution in [3.8, 4) is 0 Å². The van der Waals surface area contributed by atoms with Gasteiger partial charge in [0.25, 0.3) is 0 Å². The van der Waals surface area contributed by atoms with Gasteiger partial charge in [-0.15, -0.1) is 0 Å². The van der Waals surface area contributed by atoms with E-state index in [0.717, 1.165) is 9.80 Å². The fraction of sp³-hybridized carbons (Fsp3) is 0.611. The molecule has 2 radical (unpaired) electrons. The summed E-state index contributed by atoms with van der Waals surface area (Å²) >= 11 is 0. The van der Waals surface area contributed by atoms with Gasteiger partial charge < -0.3 is 41.1 Å². The van der Waals surface area contributed by atoms with Crippen LogP contribution < -0.4 is 5.32 Å². The van der Waals surface area contributed by atoms with Gasteiger partial charge in [0.15, 0.2) is 0 Å². The first-order chi connectivity index (χ1) is 16.6. The quantitative estimate of drug-likeness (QED) is 0.0460. The van der Waals surface area contributed by atoms with Gasteiger partial charge in [-0.25, -0.2) is 0 Å². The van der Waals surface area contributed by atoms with Gasteiger partial charge in [0.05, 0.1) is 45.8 Å². The summed E-state index contributed by atoms with van der Waals surface area (Å²) in [7, 11) is 0. The maximum absolute atomic E-state index is 10.6. The molecule has 0 aliphatic heterocycles. The summed E-state index contributed by atoms with van der Waals surface area (Å²) in [6, 6.07) is 0. The summed E-state index contributed by atoms with van der Waals surface area (Å²) in [6.45, 7) is -2.89. The van der Waals surface area contributed by atoms with Crippen molar-refractivity contribution in [2.75, 3.05) is 72.0 Å². The normalized spacial score (nSPS) is 9.97. The third-order valence-electron chi connectivity index (χ3n) is 3.77. The third-order valence-corrected chi connectivity index (χ3v) is 3.77. The van der Waals surface area contributed by atoms with Crippen molar-refractivity contribution >= 4 is 41.8 Å². The first-order valence-electron chi connectivity index (χ1n) is 10.0. The minimum atomic E-state index is -1.23. The number of aliphatic carboxylic acids is 7. The van der Waals surface area contributed by atoms with Crippen LogP contribution in [0.15, 0.2) is 0 Å². The van der Waals surface area contributed by atoms with E-state index in [1.54, 1.807) is 0 Å². The van der Waals surface area contributed by atoms with Crippen molar-refractivity contribution in [3.63, 3.8) is 0 Å². The standard InChI is InChI=1S/C10H16N2O8.C8H14N2O6.2Cu/c13-7(14)3-11(4-8(15)16)1-2-12(5-9(17)18)6-10(19)20;11-6(12)3-9-1-2-10(4-7(13)14)5-8(15)16;;/h1-6H2,(H,13,14)(H,15,16)(H,17,18)(H,19,20);9H,1-5H2,(H,11,12)(H,13,14)(H,15,16);;. The number of carboxylic acids is 7. The summed E-state index contributed by atoms with van der Waals surface area (Å²) in [5.74, 6) is -8.19. The molecule has 0 aromatic heterocycles. The molecule has 0 fully saturated rings. The van der Waals surface area contributed by atoms with E-state index in [4.69, 9.17) is 35.7 Å². The molecule has 0 aromatic rings. The van der Waals surface area contributed by atoms with E-state index in [-0.39, 0.29) is 80.0 Å². The molecule has 228 valence electrons. The minimum absolute atomic E-state index is 0. The van der Waals surface area contributed by atoms with Gasteiger partial charge in [0.2, 0.25) is 0 Å². The van der Waals surface area contributed by atoms with Gasteiger partial charge in [0, 0.05) is 60.3 Å². The Labute approximate surface area is 237 Å². The zero-order valence-electron chi connectivity index (χ0n) is 19.7. The van der Waals surface area contributed by atoms with E-state index in [0.29, 0.717) is 0 Å². The van der Waals surface area contributed by atoms with Crippen molar-refractivity contribution in [2.45, 2.75) is 0 Å². The SMILES string of the molecule is O=C(O)CN(CCN(CC(=O)O)CC(=O)O)CC(=O)O.O=C(O)CNCCN(CC(=O)O)CC(=O)O.[Cu].[Cu]. The maximum Gasteiger partial charge on any atom is 0.317 e. The Balaban J connectivity index is -0.000000295. The van der Waals surface area contributed by atoms with Crippen molar-refractivity contribution in [2.24, 2.45) is 0 Å². The molecule has 0 spiro atoms. The van der Waals surface area contributed by atoms with E-state index in [1.807, 2.05) is 0 Å². The van der Waals surface area contributed by atoms with Crippen LogP contribution in [0.3, 0.4) is 0 Å². The maximum atomic E-state index is 10.6. The third kappa shape index (κ3) is 31.2. The Bertz CT molecular complexity index is 702. The molecule has 0 heterocycles. The molecule has 38 heavy (non-hydrogen) atoms. The molecule has 20 heteroatoms. The monoisotopic (exact) mass is 652 g/mol. The summed E-state index contributed by atoms with van der Waals surface area (Å²) in [4.78, 5) is 76.5. The van der Waals surface area contributed by atoms with Crippen LogP contribution >= 0.6 is 0 Å². The molecular weight excluding hydrogens is 623 g/mol. The van der Waals surface area contributed by atoms with E-state index >= 15 is 0 Å². The van der Waals surface area contributed by atoms with Crippen molar-refractivity contribution in [3.05, 3.63) is 0 Å².